The van der Waals surface area contributed by atoms with Crippen molar-refractivity contribution in [1.82, 2.24) is 15.1 Å². The van der Waals surface area contributed by atoms with E-state index in [0.29, 0.717) is 29.4 Å². The monoisotopic (exact) mass is 581 g/mol. The van der Waals surface area contributed by atoms with Gasteiger partial charge in [-0.1, -0.05) is 26.2 Å². The van der Waals surface area contributed by atoms with Crippen molar-refractivity contribution in [2.45, 2.75) is 64.1 Å². The predicted molar refractivity (Wildman–Crippen MR) is 161 cm³/mol. The Labute approximate surface area is 247 Å². The maximum atomic E-state index is 13.7. The summed E-state index contributed by atoms with van der Waals surface area (Å²) < 4.78 is 11.6. The van der Waals surface area contributed by atoms with Gasteiger partial charge in [0.25, 0.3) is 5.91 Å². The fraction of sp³-hybridized carbons (Fsp3) is 0.516. The summed E-state index contributed by atoms with van der Waals surface area (Å²) in [6, 6.07) is 11.1. The number of methoxy groups -OCH3 is 1. The zero-order chi connectivity index (χ0) is 30.2. The molecule has 3 unspecified atom stereocenters. The average Bonchev–Trinajstić information content (AvgIpc) is 2.99. The van der Waals surface area contributed by atoms with Gasteiger partial charge < -0.3 is 40.3 Å². The van der Waals surface area contributed by atoms with Crippen molar-refractivity contribution in [1.29, 1.82) is 0 Å². The van der Waals surface area contributed by atoms with Gasteiger partial charge in [-0.15, -0.1) is 0 Å². The van der Waals surface area contributed by atoms with E-state index in [1.54, 1.807) is 73.3 Å². The zero-order valence-electron chi connectivity index (χ0n) is 24.9. The minimum atomic E-state index is -0.453. The van der Waals surface area contributed by atoms with Gasteiger partial charge in [0.05, 0.1) is 31.9 Å². The molecule has 2 aliphatic rings. The molecule has 1 heterocycles. The maximum absolute atomic E-state index is 13.7. The minimum Gasteiger partial charge on any atom is -0.497 e. The summed E-state index contributed by atoms with van der Waals surface area (Å²) in [6.45, 7) is 4.11. The third-order valence-electron chi connectivity index (χ3n) is 8.00. The van der Waals surface area contributed by atoms with Crippen LogP contribution in [0, 0.1) is 5.92 Å². The number of urea groups is 2. The highest BCUT2D eigenvalue weighted by atomic mass is 16.5. The Bertz CT molecular complexity index is 1230. The van der Waals surface area contributed by atoms with Crippen molar-refractivity contribution < 1.29 is 29.0 Å². The third kappa shape index (κ3) is 7.84. The van der Waals surface area contributed by atoms with Gasteiger partial charge >= 0.3 is 12.1 Å². The fourth-order valence-corrected chi connectivity index (χ4v) is 5.36. The third-order valence-corrected chi connectivity index (χ3v) is 8.00. The number of carbonyl (C=O) groups is 3. The molecular weight excluding hydrogens is 538 g/mol. The molecule has 4 N–H and O–H groups in total. The second-order valence-corrected chi connectivity index (χ2v) is 11.3. The fourth-order valence-electron chi connectivity index (χ4n) is 5.36. The number of carbonyl (C=O) groups excluding carboxylic acids is 3. The van der Waals surface area contributed by atoms with Crippen LogP contribution in [0.4, 0.5) is 21.0 Å². The Hall–Kier alpha value is -3.99. The van der Waals surface area contributed by atoms with Crippen LogP contribution in [-0.4, -0.2) is 84.9 Å². The Morgan fingerprint density at radius 1 is 1.10 bits per heavy atom. The van der Waals surface area contributed by atoms with Crippen LogP contribution in [0.1, 0.15) is 56.3 Å². The highest BCUT2D eigenvalue weighted by molar-refractivity contribution is 5.99. The Kier molecular flexibility index (Phi) is 10.5. The van der Waals surface area contributed by atoms with Gasteiger partial charge in [0, 0.05) is 36.9 Å². The van der Waals surface area contributed by atoms with Gasteiger partial charge in [-0.05, 0) is 62.2 Å². The van der Waals surface area contributed by atoms with Crippen molar-refractivity contribution in [3.8, 4) is 11.5 Å². The van der Waals surface area contributed by atoms with Crippen molar-refractivity contribution in [2.75, 3.05) is 44.5 Å². The molecule has 0 radical (unpaired) electrons. The minimum absolute atomic E-state index is 0.148. The van der Waals surface area contributed by atoms with E-state index in [-0.39, 0.29) is 48.6 Å². The van der Waals surface area contributed by atoms with Crippen LogP contribution in [-0.2, 0) is 0 Å². The van der Waals surface area contributed by atoms with Gasteiger partial charge in [0.1, 0.15) is 17.6 Å². The molecule has 0 bridgehead atoms. The van der Waals surface area contributed by atoms with Crippen molar-refractivity contribution in [3.63, 3.8) is 0 Å². The Morgan fingerprint density at radius 3 is 2.45 bits per heavy atom. The lowest BCUT2D eigenvalue weighted by Gasteiger charge is -2.38. The van der Waals surface area contributed by atoms with Crippen LogP contribution in [0.15, 0.2) is 42.5 Å². The number of fused-ring (bicyclic) bond motifs is 1. The topological polar surface area (TPSA) is 132 Å². The SMILES string of the molecule is COc1ccc(NC(=O)N(C)CC2Oc3ccc(NC(=O)NC4CCCCC4)cc3C(=O)N(C(C)CO)CC2C)cc1. The number of ether oxygens (including phenoxy) is 2. The zero-order valence-corrected chi connectivity index (χ0v) is 24.9. The highest BCUT2D eigenvalue weighted by Crippen LogP contribution is 2.31. The average molecular weight is 582 g/mol. The molecule has 11 nitrogen and oxygen atoms in total. The molecule has 0 saturated heterocycles. The summed E-state index contributed by atoms with van der Waals surface area (Å²) in [6.07, 6.45) is 4.87. The number of anilines is 2. The largest absolute Gasteiger partial charge is 0.497 e. The van der Waals surface area contributed by atoms with Crippen LogP contribution in [0.5, 0.6) is 11.5 Å². The van der Waals surface area contributed by atoms with Gasteiger partial charge in [-0.3, -0.25) is 4.79 Å². The Morgan fingerprint density at radius 2 is 1.79 bits per heavy atom. The molecule has 11 heteroatoms. The molecule has 1 aliphatic heterocycles. The number of hydrogen-bond acceptors (Lipinski definition) is 6. The highest BCUT2D eigenvalue weighted by Gasteiger charge is 2.34. The lowest BCUT2D eigenvalue weighted by atomic mass is 9.96. The van der Waals surface area contributed by atoms with E-state index >= 15 is 0 Å². The summed E-state index contributed by atoms with van der Waals surface area (Å²) in [7, 11) is 3.27. The number of nitrogens with one attached hydrogen (secondary N) is 3. The number of hydrogen-bond donors (Lipinski definition) is 4. The predicted octanol–water partition coefficient (Wildman–Crippen LogP) is 4.53. The molecule has 0 spiro atoms. The first-order chi connectivity index (χ1) is 20.2. The van der Waals surface area contributed by atoms with E-state index in [1.165, 1.54) is 6.42 Å². The van der Waals surface area contributed by atoms with Crippen LogP contribution < -0.4 is 25.4 Å². The molecule has 2 aromatic rings. The lowest BCUT2D eigenvalue weighted by molar-refractivity contribution is 0.0371. The first-order valence-electron chi connectivity index (χ1n) is 14.6. The van der Waals surface area contributed by atoms with Gasteiger partial charge in [0.2, 0.25) is 0 Å². The molecule has 1 fully saturated rings. The molecular formula is C31H43N5O6. The number of likely N-dealkylation sites (N-methyl/N-ethyl adjacent to an activating group) is 1. The summed E-state index contributed by atoms with van der Waals surface area (Å²) in [4.78, 5) is 42.5. The molecule has 5 amide bonds. The Balaban J connectivity index is 1.51. The van der Waals surface area contributed by atoms with Crippen molar-refractivity contribution in [2.24, 2.45) is 5.92 Å². The quantitative estimate of drug-likeness (QED) is 0.362. The second kappa shape index (κ2) is 14.3. The van der Waals surface area contributed by atoms with Gasteiger partial charge in [-0.25, -0.2) is 9.59 Å². The van der Waals surface area contributed by atoms with E-state index in [0.717, 1.165) is 25.7 Å². The number of nitrogens with zero attached hydrogens (tertiary/aromatic N) is 2. The lowest BCUT2D eigenvalue weighted by Crippen LogP contribution is -2.50. The summed E-state index contributed by atoms with van der Waals surface area (Å²) in [5.41, 5.74) is 1.38. The van der Waals surface area contributed by atoms with Crippen LogP contribution in [0.25, 0.3) is 0 Å². The molecule has 228 valence electrons. The van der Waals surface area contributed by atoms with Crippen molar-refractivity contribution in [3.05, 3.63) is 48.0 Å². The number of aliphatic hydroxyl groups excluding tert-OH is 1. The molecule has 3 atom stereocenters. The molecule has 1 saturated carbocycles. The smallest absolute Gasteiger partial charge is 0.321 e. The van der Waals surface area contributed by atoms with E-state index in [2.05, 4.69) is 16.0 Å². The van der Waals surface area contributed by atoms with E-state index < -0.39 is 12.1 Å². The van der Waals surface area contributed by atoms with Crippen molar-refractivity contribution >= 4 is 29.3 Å². The summed E-state index contributed by atoms with van der Waals surface area (Å²) in [5, 5.41) is 18.7. The summed E-state index contributed by atoms with van der Waals surface area (Å²) >= 11 is 0. The standard InChI is InChI=1S/C31H43N5O6/c1-20-17-36(21(2)19-37)29(38)26-16-24(33-30(39)32-22-8-6-5-7-9-22)12-15-27(26)42-28(20)18-35(3)31(40)34-23-10-13-25(41-4)14-11-23/h10-16,20-22,28,37H,5-9,17-19H2,1-4H3,(H,34,40)(H2,32,33,39). The molecule has 2 aromatic carbocycles. The van der Waals surface area contributed by atoms with Gasteiger partial charge in [-0.2, -0.15) is 0 Å². The number of amides is 5. The summed E-state index contributed by atoms with van der Waals surface area (Å²) in [5.74, 6) is 0.593. The molecule has 42 heavy (non-hydrogen) atoms. The number of benzene rings is 2. The van der Waals surface area contributed by atoms with Crippen LogP contribution >= 0.6 is 0 Å². The first-order valence-corrected chi connectivity index (χ1v) is 14.6. The molecule has 1 aliphatic carbocycles. The maximum Gasteiger partial charge on any atom is 0.321 e. The molecule has 0 aromatic heterocycles. The van der Waals surface area contributed by atoms with E-state index in [1.807, 2.05) is 6.92 Å². The van der Waals surface area contributed by atoms with Crippen LogP contribution in [0.2, 0.25) is 0 Å². The van der Waals surface area contributed by atoms with E-state index in [9.17, 15) is 19.5 Å². The van der Waals surface area contributed by atoms with Gasteiger partial charge in [0.15, 0.2) is 0 Å². The first kappa shape index (κ1) is 31.0. The number of rotatable bonds is 8. The number of aliphatic hydroxyl groups is 1. The van der Waals surface area contributed by atoms with Crippen LogP contribution in [0.3, 0.4) is 0 Å². The van der Waals surface area contributed by atoms with E-state index in [4.69, 9.17) is 9.47 Å². The molecule has 4 rings (SSSR count). The normalized spacial score (nSPS) is 19.8. The second-order valence-electron chi connectivity index (χ2n) is 11.3.